The quantitative estimate of drug-likeness (QED) is 0.656. The van der Waals surface area contributed by atoms with Crippen molar-refractivity contribution in [2.24, 2.45) is 5.84 Å². The molecule has 1 saturated carbocycles. The highest BCUT2D eigenvalue weighted by Crippen LogP contribution is 2.47. The number of aromatic nitrogens is 1. The maximum atomic E-state index is 5.89. The van der Waals surface area contributed by atoms with Gasteiger partial charge in [-0.3, -0.25) is 11.3 Å². The van der Waals surface area contributed by atoms with Gasteiger partial charge in [0.25, 0.3) is 0 Å². The van der Waals surface area contributed by atoms with Gasteiger partial charge in [0, 0.05) is 29.0 Å². The number of nitrogens with one attached hydrogen (secondary N) is 1. The molecule has 0 radical (unpaired) electrons. The van der Waals surface area contributed by atoms with Crippen molar-refractivity contribution in [2.45, 2.75) is 44.1 Å². The Balaban J connectivity index is 1.86. The third-order valence-electron chi connectivity index (χ3n) is 4.51. The van der Waals surface area contributed by atoms with Crippen LogP contribution in [0.1, 0.15) is 35.5 Å². The van der Waals surface area contributed by atoms with Gasteiger partial charge in [-0.15, -0.1) is 11.3 Å². The minimum absolute atomic E-state index is 0.176. The van der Waals surface area contributed by atoms with Gasteiger partial charge in [0.2, 0.25) is 0 Å². The van der Waals surface area contributed by atoms with Crippen molar-refractivity contribution in [1.29, 1.82) is 0 Å². The van der Waals surface area contributed by atoms with Gasteiger partial charge in [-0.1, -0.05) is 36.8 Å². The van der Waals surface area contributed by atoms with Crippen LogP contribution in [0.5, 0.6) is 0 Å². The zero-order chi connectivity index (χ0) is 14.0. The van der Waals surface area contributed by atoms with Crippen molar-refractivity contribution in [1.82, 2.24) is 10.4 Å². The fourth-order valence-electron chi connectivity index (χ4n) is 3.25. The summed E-state index contributed by atoms with van der Waals surface area (Å²) in [6.07, 6.45) is 4.60. The van der Waals surface area contributed by atoms with Crippen LogP contribution in [0, 0.1) is 6.92 Å². The van der Waals surface area contributed by atoms with E-state index in [1.54, 1.807) is 11.3 Å². The summed E-state index contributed by atoms with van der Waals surface area (Å²) >= 11 is 1.73. The Kier molecular flexibility index (Phi) is 3.87. The van der Waals surface area contributed by atoms with Crippen LogP contribution in [-0.2, 0) is 11.8 Å². The summed E-state index contributed by atoms with van der Waals surface area (Å²) < 4.78 is 0. The third kappa shape index (κ3) is 2.39. The predicted molar refractivity (Wildman–Crippen MR) is 83.6 cm³/mol. The molecule has 3 N–H and O–H groups in total. The molecule has 0 spiro atoms. The lowest BCUT2D eigenvalue weighted by Gasteiger charge is -2.48. The monoisotopic (exact) mass is 287 g/mol. The average Bonchev–Trinajstić information content (AvgIpc) is 2.83. The Morgan fingerprint density at radius 2 is 2.10 bits per heavy atom. The average molecular weight is 287 g/mol. The minimum atomic E-state index is 0.176. The van der Waals surface area contributed by atoms with Gasteiger partial charge in [0.05, 0.1) is 5.01 Å². The van der Waals surface area contributed by atoms with Gasteiger partial charge in [-0.05, 0) is 25.3 Å². The maximum absolute atomic E-state index is 5.89. The van der Waals surface area contributed by atoms with E-state index in [9.17, 15) is 0 Å². The van der Waals surface area contributed by atoms with E-state index in [2.05, 4.69) is 46.1 Å². The number of rotatable bonds is 5. The largest absolute Gasteiger partial charge is 0.271 e. The van der Waals surface area contributed by atoms with Crippen molar-refractivity contribution < 1.29 is 0 Å². The molecule has 1 unspecified atom stereocenters. The first-order valence-corrected chi connectivity index (χ1v) is 8.05. The molecule has 1 atom stereocenters. The molecule has 4 heteroatoms. The first kappa shape index (κ1) is 13.7. The molecule has 3 rings (SSSR count). The fourth-order valence-corrected chi connectivity index (χ4v) is 4.07. The van der Waals surface area contributed by atoms with Gasteiger partial charge in [-0.2, -0.15) is 0 Å². The summed E-state index contributed by atoms with van der Waals surface area (Å²) in [5.74, 6) is 5.89. The van der Waals surface area contributed by atoms with Crippen LogP contribution < -0.4 is 11.3 Å². The van der Waals surface area contributed by atoms with Gasteiger partial charge >= 0.3 is 0 Å². The normalized spacial score (nSPS) is 18.5. The molecule has 20 heavy (non-hydrogen) atoms. The van der Waals surface area contributed by atoms with Crippen molar-refractivity contribution in [3.8, 4) is 0 Å². The fraction of sp³-hybridized carbons (Fsp3) is 0.438. The number of nitrogens with two attached hydrogens (primary N) is 1. The standard InChI is InChI=1S/C16H21N3S/c1-12-11-20-15(18-12)10-14(19-17)16(8-5-9-16)13-6-3-2-4-7-13/h2-4,6-7,11,14,19H,5,8-10,17H2,1H3. The van der Waals surface area contributed by atoms with E-state index in [0.717, 1.165) is 12.1 Å². The van der Waals surface area contributed by atoms with E-state index >= 15 is 0 Å². The number of benzene rings is 1. The number of nitrogens with zero attached hydrogens (tertiary/aromatic N) is 1. The molecule has 1 aromatic heterocycles. The van der Waals surface area contributed by atoms with Crippen molar-refractivity contribution in [2.75, 3.05) is 0 Å². The molecule has 1 heterocycles. The lowest BCUT2D eigenvalue weighted by atomic mass is 9.59. The van der Waals surface area contributed by atoms with Crippen LogP contribution >= 0.6 is 11.3 Å². The Morgan fingerprint density at radius 1 is 1.35 bits per heavy atom. The number of hydrogen-bond donors (Lipinski definition) is 2. The van der Waals surface area contributed by atoms with Crippen LogP contribution in [0.4, 0.5) is 0 Å². The molecule has 2 aromatic rings. The topological polar surface area (TPSA) is 50.9 Å². The molecule has 1 aliphatic carbocycles. The Bertz CT molecular complexity index is 560. The SMILES string of the molecule is Cc1csc(CC(NN)C2(c3ccccc3)CCC2)n1. The number of hydrogen-bond acceptors (Lipinski definition) is 4. The predicted octanol–water partition coefficient (Wildman–Crippen LogP) is 2.95. The zero-order valence-corrected chi connectivity index (χ0v) is 12.6. The molecule has 0 amide bonds. The first-order valence-electron chi connectivity index (χ1n) is 7.17. The lowest BCUT2D eigenvalue weighted by Crippen LogP contribution is -2.56. The van der Waals surface area contributed by atoms with E-state index in [1.165, 1.54) is 29.8 Å². The molecular formula is C16H21N3S. The Labute approximate surface area is 124 Å². The first-order chi connectivity index (χ1) is 9.74. The second-order valence-corrected chi connectivity index (χ2v) is 6.62. The summed E-state index contributed by atoms with van der Waals surface area (Å²) in [5, 5.41) is 3.28. The Hall–Kier alpha value is -1.23. The second-order valence-electron chi connectivity index (χ2n) is 5.68. The molecule has 1 aromatic carbocycles. The van der Waals surface area contributed by atoms with Gasteiger partial charge in [-0.25, -0.2) is 4.98 Å². The number of hydrazine groups is 1. The summed E-state index contributed by atoms with van der Waals surface area (Å²) in [7, 11) is 0. The van der Waals surface area contributed by atoms with Crippen molar-refractivity contribution in [3.63, 3.8) is 0 Å². The molecular weight excluding hydrogens is 266 g/mol. The molecule has 1 fully saturated rings. The van der Waals surface area contributed by atoms with Crippen molar-refractivity contribution in [3.05, 3.63) is 52.0 Å². The highest BCUT2D eigenvalue weighted by molar-refractivity contribution is 7.09. The van der Waals surface area contributed by atoms with Crippen LogP contribution in [-0.4, -0.2) is 11.0 Å². The van der Waals surface area contributed by atoms with Gasteiger partial charge < -0.3 is 0 Å². The van der Waals surface area contributed by atoms with Crippen LogP contribution in [0.3, 0.4) is 0 Å². The molecule has 106 valence electrons. The number of aryl methyl sites for hydroxylation is 1. The molecule has 0 aliphatic heterocycles. The van der Waals surface area contributed by atoms with Crippen LogP contribution in [0.2, 0.25) is 0 Å². The molecule has 1 aliphatic rings. The van der Waals surface area contributed by atoms with Crippen LogP contribution in [0.15, 0.2) is 35.7 Å². The van der Waals surface area contributed by atoms with E-state index in [-0.39, 0.29) is 11.5 Å². The second kappa shape index (κ2) is 5.64. The Morgan fingerprint density at radius 3 is 2.60 bits per heavy atom. The minimum Gasteiger partial charge on any atom is -0.271 e. The van der Waals surface area contributed by atoms with Gasteiger partial charge in [0.15, 0.2) is 0 Å². The van der Waals surface area contributed by atoms with Crippen LogP contribution in [0.25, 0.3) is 0 Å². The number of thiazole rings is 1. The third-order valence-corrected chi connectivity index (χ3v) is 5.50. The van der Waals surface area contributed by atoms with E-state index in [4.69, 9.17) is 5.84 Å². The molecule has 0 bridgehead atoms. The lowest BCUT2D eigenvalue weighted by molar-refractivity contribution is 0.168. The van der Waals surface area contributed by atoms with Gasteiger partial charge in [0.1, 0.15) is 0 Å². The van der Waals surface area contributed by atoms with E-state index < -0.39 is 0 Å². The summed E-state index contributed by atoms with van der Waals surface area (Å²) in [4.78, 5) is 4.59. The zero-order valence-electron chi connectivity index (χ0n) is 11.8. The summed E-state index contributed by atoms with van der Waals surface area (Å²) in [5.41, 5.74) is 5.75. The maximum Gasteiger partial charge on any atom is 0.0944 e. The van der Waals surface area contributed by atoms with E-state index in [0.29, 0.717) is 0 Å². The molecule has 3 nitrogen and oxygen atoms in total. The van der Waals surface area contributed by atoms with Crippen molar-refractivity contribution >= 4 is 11.3 Å². The highest BCUT2D eigenvalue weighted by atomic mass is 32.1. The molecule has 0 saturated heterocycles. The smallest absolute Gasteiger partial charge is 0.0944 e. The summed E-state index contributed by atoms with van der Waals surface area (Å²) in [6, 6.07) is 11.0. The summed E-state index contributed by atoms with van der Waals surface area (Å²) in [6.45, 7) is 2.04. The van der Waals surface area contributed by atoms with E-state index in [1.807, 2.05) is 6.92 Å². The highest BCUT2D eigenvalue weighted by Gasteiger charge is 2.45.